The van der Waals surface area contributed by atoms with Crippen LogP contribution in [0.25, 0.3) is 50.0 Å². The summed E-state index contributed by atoms with van der Waals surface area (Å²) in [5.74, 6) is 1.82. The Morgan fingerprint density at radius 3 is 2.44 bits per heavy atom. The Morgan fingerprint density at radius 2 is 1.59 bits per heavy atom. The zero-order chi connectivity index (χ0) is 26.2. The van der Waals surface area contributed by atoms with E-state index in [0.29, 0.717) is 22.9 Å². The molecule has 0 amide bonds. The maximum Gasteiger partial charge on any atom is 0.217 e. The number of phenols is 1. The predicted octanol–water partition coefficient (Wildman–Crippen LogP) is 7.80. The molecule has 0 bridgehead atoms. The second-order valence-electron chi connectivity index (χ2n) is 8.98. The van der Waals surface area contributed by atoms with Gasteiger partial charge in [0.15, 0.2) is 0 Å². The minimum Gasteiger partial charge on any atom is -0.507 e. The van der Waals surface area contributed by atoms with E-state index in [1.54, 1.807) is 24.4 Å². The Bertz CT molecular complexity index is 1970. The van der Waals surface area contributed by atoms with E-state index in [1.807, 2.05) is 78.9 Å². The molecule has 0 unspecified atom stereocenters. The van der Waals surface area contributed by atoms with Crippen molar-refractivity contribution in [1.82, 2.24) is 14.5 Å². The molecule has 7 heteroatoms. The van der Waals surface area contributed by atoms with Crippen molar-refractivity contribution in [2.24, 2.45) is 0 Å². The van der Waals surface area contributed by atoms with Crippen LogP contribution in [0.1, 0.15) is 0 Å². The number of benzene rings is 4. The van der Waals surface area contributed by atoms with Crippen LogP contribution in [0.5, 0.6) is 17.4 Å². The van der Waals surface area contributed by atoms with Crippen LogP contribution in [0.2, 0.25) is 0 Å². The summed E-state index contributed by atoms with van der Waals surface area (Å²) in [4.78, 5) is 9.41. The van der Waals surface area contributed by atoms with Gasteiger partial charge in [0, 0.05) is 82.5 Å². The summed E-state index contributed by atoms with van der Waals surface area (Å²) in [6.45, 7) is 0. The van der Waals surface area contributed by atoms with E-state index < -0.39 is 0 Å². The Hall–Kier alpha value is -3.63. The summed E-state index contributed by atoms with van der Waals surface area (Å²) in [5.41, 5.74) is 4.84. The van der Waals surface area contributed by atoms with E-state index in [9.17, 15) is 5.11 Å². The fourth-order valence-electron chi connectivity index (χ4n) is 4.85. The van der Waals surface area contributed by atoms with Crippen LogP contribution in [0, 0.1) is 18.2 Å². The molecule has 1 N–H and O–H groups in total. The van der Waals surface area contributed by atoms with E-state index in [1.165, 1.54) is 0 Å². The van der Waals surface area contributed by atoms with Crippen molar-refractivity contribution in [3.05, 3.63) is 134 Å². The zero-order valence-electron chi connectivity index (χ0n) is 21.6. The van der Waals surface area contributed by atoms with Crippen molar-refractivity contribution in [3.8, 4) is 45.6 Å². The van der Waals surface area contributed by atoms with Gasteiger partial charge >= 0.3 is 0 Å². The number of rotatable bonds is 5. The molecule has 7 aromatic rings. The molecule has 4 aromatic carbocycles. The van der Waals surface area contributed by atoms with Gasteiger partial charge in [-0.1, -0.05) is 48.1 Å². The van der Waals surface area contributed by atoms with Crippen LogP contribution in [-0.2, 0) is 53.8 Å². The maximum atomic E-state index is 10.3. The third kappa shape index (κ3) is 5.50. The molecule has 0 aliphatic rings. The van der Waals surface area contributed by atoms with Gasteiger partial charge in [0.25, 0.3) is 0 Å². The fourth-order valence-corrected chi connectivity index (χ4v) is 4.85. The van der Waals surface area contributed by atoms with Gasteiger partial charge in [-0.05, 0) is 29.7 Å². The predicted molar refractivity (Wildman–Crippen MR) is 152 cm³/mol. The van der Waals surface area contributed by atoms with Gasteiger partial charge in [-0.3, -0.25) is 0 Å². The normalized spacial score (nSPS) is 10.6. The number of fused-ring (bicyclic) bond motifs is 3. The largest absolute Gasteiger partial charge is 0.507 e. The number of phenolic OH excluding ortho intramolecular Hbond substituents is 1. The number of pyridine rings is 2. The molecule has 0 aliphatic carbocycles. The number of ether oxygens (including phenoxy) is 1. The summed E-state index contributed by atoms with van der Waals surface area (Å²) in [6, 6.07) is 44.5. The number of aromatic hydroxyl groups is 1. The van der Waals surface area contributed by atoms with Crippen LogP contribution in [0.4, 0.5) is 0 Å². The van der Waals surface area contributed by atoms with Crippen LogP contribution >= 0.6 is 0 Å². The molecule has 3 aromatic heterocycles. The van der Waals surface area contributed by atoms with Crippen molar-refractivity contribution in [2.75, 3.05) is 0 Å². The third-order valence-corrected chi connectivity index (χ3v) is 6.59. The average molecular weight is 787 g/mol. The minimum absolute atomic E-state index is 0. The van der Waals surface area contributed by atoms with Crippen molar-refractivity contribution in [3.63, 3.8) is 0 Å². The average Bonchev–Trinajstić information content (AvgIpc) is 3.31. The first-order valence-corrected chi connectivity index (χ1v) is 12.5. The standard InChI is InChI=1S/C34H20N3O2.Pt.Y/c38-32-17-7-5-13-28(32)29-15-8-18-33(36-29)39-24-19-20-27-26-12-4-6-16-30(26)37(31(27)22-24)34-25(14-9-21-35-34)23-10-2-1-3-11-23;;/h1-10,12-13,15-21,38H;;/q-3;;. The van der Waals surface area contributed by atoms with Crippen molar-refractivity contribution < 1.29 is 63.6 Å². The van der Waals surface area contributed by atoms with E-state index in [4.69, 9.17) is 9.72 Å². The summed E-state index contributed by atoms with van der Waals surface area (Å²) >= 11 is 0. The minimum atomic E-state index is 0. The van der Waals surface area contributed by atoms with Crippen LogP contribution < -0.4 is 4.74 Å². The molecule has 0 saturated heterocycles. The molecular formula is C34H20N3O2PtY-3. The molecule has 7 rings (SSSR count). The number of hydrogen-bond donors (Lipinski definition) is 1. The molecular weight excluding hydrogens is 766 g/mol. The van der Waals surface area contributed by atoms with Gasteiger partial charge in [-0.15, -0.1) is 29.7 Å². The third-order valence-electron chi connectivity index (χ3n) is 6.59. The quantitative estimate of drug-likeness (QED) is 0.181. The van der Waals surface area contributed by atoms with Gasteiger partial charge in [-0.2, -0.15) is 42.0 Å². The molecule has 0 aliphatic heterocycles. The molecule has 0 spiro atoms. The molecule has 41 heavy (non-hydrogen) atoms. The maximum absolute atomic E-state index is 10.3. The molecule has 0 saturated carbocycles. The van der Waals surface area contributed by atoms with Crippen LogP contribution in [0.15, 0.2) is 115 Å². The monoisotopic (exact) mass is 786 g/mol. The van der Waals surface area contributed by atoms with Gasteiger partial charge in [0.05, 0.1) is 5.69 Å². The number of hydrogen-bond acceptors (Lipinski definition) is 4. The van der Waals surface area contributed by atoms with E-state index in [2.05, 4.69) is 39.9 Å². The Balaban J connectivity index is 0.00000169. The van der Waals surface area contributed by atoms with E-state index in [0.717, 1.165) is 38.8 Å². The Morgan fingerprint density at radius 1 is 0.756 bits per heavy atom. The molecule has 3 heterocycles. The summed E-state index contributed by atoms with van der Waals surface area (Å²) in [6.07, 6.45) is 1.75. The topological polar surface area (TPSA) is 60.2 Å². The molecule has 0 atom stereocenters. The van der Waals surface area contributed by atoms with E-state index >= 15 is 0 Å². The fraction of sp³-hybridized carbons (Fsp3) is 0. The molecule has 0 fully saturated rings. The number of aromatic nitrogens is 3. The number of nitrogens with zero attached hydrogens (tertiary/aromatic N) is 3. The molecule has 199 valence electrons. The first kappa shape index (κ1) is 28.9. The van der Waals surface area contributed by atoms with Gasteiger partial charge < -0.3 is 19.4 Å². The van der Waals surface area contributed by atoms with Crippen molar-refractivity contribution >= 4 is 21.8 Å². The Labute approximate surface area is 277 Å². The second kappa shape index (κ2) is 12.5. The number of para-hydroxylation sites is 2. The first-order chi connectivity index (χ1) is 19.3. The van der Waals surface area contributed by atoms with Gasteiger partial charge in [-0.25, -0.2) is 10.5 Å². The SMILES string of the molecule is Oc1ccccc1-c1cccc(Oc2[c-]c3c(cc2)c2ccccc2n3-c2ncc[c-]c2-c2[c-]cccc2)n1.[Pt].[Y]. The smallest absolute Gasteiger partial charge is 0.217 e. The van der Waals surface area contributed by atoms with Crippen molar-refractivity contribution in [1.29, 1.82) is 0 Å². The van der Waals surface area contributed by atoms with Crippen molar-refractivity contribution in [2.45, 2.75) is 0 Å². The van der Waals surface area contributed by atoms with Crippen LogP contribution in [0.3, 0.4) is 0 Å². The van der Waals surface area contributed by atoms with E-state index in [-0.39, 0.29) is 59.5 Å². The first-order valence-electron chi connectivity index (χ1n) is 12.5. The van der Waals surface area contributed by atoms with Gasteiger partial charge in [0.2, 0.25) is 5.88 Å². The Kier molecular flexibility index (Phi) is 8.80. The molecule has 1 radical (unpaired) electrons. The summed E-state index contributed by atoms with van der Waals surface area (Å²) in [5, 5.41) is 12.4. The second-order valence-corrected chi connectivity index (χ2v) is 8.98. The summed E-state index contributed by atoms with van der Waals surface area (Å²) in [7, 11) is 0. The zero-order valence-corrected chi connectivity index (χ0v) is 26.7. The van der Waals surface area contributed by atoms with Gasteiger partial charge in [0.1, 0.15) is 5.75 Å². The van der Waals surface area contributed by atoms with Crippen LogP contribution in [-0.4, -0.2) is 19.6 Å². The summed E-state index contributed by atoms with van der Waals surface area (Å²) < 4.78 is 8.29. The molecule has 5 nitrogen and oxygen atoms in total.